The van der Waals surface area contributed by atoms with Crippen molar-refractivity contribution in [2.75, 3.05) is 52.4 Å². The summed E-state index contributed by atoms with van der Waals surface area (Å²) in [5, 5.41) is 62.3. The molecule has 0 amide bonds. The van der Waals surface area contributed by atoms with E-state index in [0.29, 0.717) is 0 Å². The number of rotatable bonds is 0. The summed E-state index contributed by atoms with van der Waals surface area (Å²) < 4.78 is 0. The third-order valence-corrected chi connectivity index (χ3v) is 10.8. The Morgan fingerprint density at radius 1 is 0.200 bits per heavy atom. The molecule has 9 saturated heterocycles. The van der Waals surface area contributed by atoms with Crippen molar-refractivity contribution >= 4 is 0 Å². The van der Waals surface area contributed by atoms with E-state index in [1.54, 1.807) is 0 Å². The predicted octanol–water partition coefficient (Wildman–Crippen LogP) is -8.90. The van der Waals surface area contributed by atoms with Gasteiger partial charge in [0.15, 0.2) is 0 Å². The van der Waals surface area contributed by atoms with Gasteiger partial charge in [-0.15, -0.1) is 0 Å². The van der Waals surface area contributed by atoms with Crippen LogP contribution >= 0.6 is 0 Å². The highest BCUT2D eigenvalue weighted by molar-refractivity contribution is 5.16. The van der Waals surface area contributed by atoms with E-state index < -0.39 is 0 Å². The minimum Gasteiger partial charge on any atom is -0.309 e. The van der Waals surface area contributed by atoms with Gasteiger partial charge in [0.25, 0.3) is 0 Å². The normalized spacial score (nSPS) is 57.6. The first-order valence-electron chi connectivity index (χ1n) is 15.8. The van der Waals surface area contributed by atoms with Crippen molar-refractivity contribution in [3.05, 3.63) is 0 Å². The van der Waals surface area contributed by atoms with Crippen molar-refractivity contribution in [3.63, 3.8) is 0 Å². The monoisotopic (exact) mass is 560 g/mol. The lowest BCUT2D eigenvalue weighted by molar-refractivity contribution is 0.248. The number of piperazine rings is 4. The van der Waals surface area contributed by atoms with E-state index in [0.717, 1.165) is 52.4 Å². The molecular formula is C24H48N16. The minimum absolute atomic E-state index is 0.120. The Hall–Kier alpha value is -0.640. The van der Waals surface area contributed by atoms with Crippen molar-refractivity contribution in [2.45, 2.75) is 97.7 Å². The maximum atomic E-state index is 4.00. The fourth-order valence-corrected chi connectivity index (χ4v) is 9.12. The highest BCUT2D eigenvalue weighted by atomic mass is 15.5. The Morgan fingerprint density at radius 2 is 0.325 bits per heavy atom. The molecule has 0 spiro atoms. The summed E-state index contributed by atoms with van der Waals surface area (Å²) in [6.45, 7) is 7.81. The molecule has 9 fully saturated rings. The van der Waals surface area contributed by atoms with E-state index in [4.69, 9.17) is 0 Å². The zero-order valence-electron chi connectivity index (χ0n) is 22.9. The molecule has 9 rings (SSSR count). The molecule has 40 heavy (non-hydrogen) atoms. The molecule has 0 saturated carbocycles. The fourth-order valence-electron chi connectivity index (χ4n) is 9.12. The van der Waals surface area contributed by atoms with Crippen molar-refractivity contribution in [1.82, 2.24) is 85.1 Å². The van der Waals surface area contributed by atoms with Crippen molar-refractivity contribution in [2.24, 2.45) is 0 Å². The highest BCUT2D eigenvalue weighted by Gasteiger charge is 2.54. The first kappa shape index (κ1) is 25.8. The second-order valence-electron chi connectivity index (χ2n) is 13.0. The molecule has 8 atom stereocenters. The van der Waals surface area contributed by atoms with Gasteiger partial charge in [-0.05, 0) is 0 Å². The summed E-state index contributed by atoms with van der Waals surface area (Å²) >= 11 is 0. The fraction of sp³-hybridized carbons (Fsp3) is 1.00. The molecule has 0 aromatic carbocycles. The minimum atomic E-state index is 0.120. The van der Waals surface area contributed by atoms with Crippen LogP contribution < -0.4 is 85.1 Å². The van der Waals surface area contributed by atoms with Gasteiger partial charge in [-0.2, -0.15) is 0 Å². The molecule has 0 radical (unpaired) electrons. The van der Waals surface area contributed by atoms with Crippen LogP contribution in [0.2, 0.25) is 0 Å². The van der Waals surface area contributed by atoms with Crippen LogP contribution in [0.5, 0.6) is 0 Å². The summed E-state index contributed by atoms with van der Waals surface area (Å²) in [5.74, 6) is 0. The van der Waals surface area contributed by atoms with E-state index in [1.807, 2.05) is 0 Å². The molecule has 224 valence electrons. The molecule has 9 heterocycles. The first-order valence-corrected chi connectivity index (χ1v) is 15.8. The maximum Gasteiger partial charge on any atom is 0.0771 e. The Labute approximate surface area is 235 Å². The SMILES string of the molecule is C1CNC2C3NC(NC4NC(NC5NC(NC6NC(N3)C3NCCNC63)C3NCCNC53)C3NCCNC43)C2N1. The largest absolute Gasteiger partial charge is 0.309 e. The molecule has 9 aliphatic rings. The smallest absolute Gasteiger partial charge is 0.0771 e. The number of fused-ring (bicyclic) bond motifs is 20. The number of nitrogens with one attached hydrogen (secondary N) is 16. The molecule has 0 aliphatic carbocycles. The van der Waals surface area contributed by atoms with E-state index in [9.17, 15) is 0 Å². The average molecular weight is 561 g/mol. The quantitative estimate of drug-likeness (QED) is 0.133. The lowest BCUT2D eigenvalue weighted by Crippen LogP contribution is -2.67. The van der Waals surface area contributed by atoms with E-state index in [-0.39, 0.29) is 97.7 Å². The molecule has 16 heteroatoms. The molecule has 8 unspecified atom stereocenters. The van der Waals surface area contributed by atoms with Gasteiger partial charge in [-0.25, -0.2) is 0 Å². The first-order chi connectivity index (χ1) is 19.8. The van der Waals surface area contributed by atoms with Crippen LogP contribution in [0, 0.1) is 0 Å². The Kier molecular flexibility index (Phi) is 6.79. The van der Waals surface area contributed by atoms with Gasteiger partial charge in [0.05, 0.1) is 97.7 Å². The number of hydrogen-bond donors (Lipinski definition) is 16. The Bertz CT molecular complexity index is 719. The van der Waals surface area contributed by atoms with Crippen LogP contribution in [0.15, 0.2) is 0 Å². The van der Waals surface area contributed by atoms with Crippen LogP contribution in [-0.4, -0.2) is 150 Å². The summed E-state index contributed by atoms with van der Waals surface area (Å²) in [6.07, 6.45) is 0.963. The van der Waals surface area contributed by atoms with Gasteiger partial charge in [0, 0.05) is 52.4 Å². The van der Waals surface area contributed by atoms with Crippen LogP contribution in [-0.2, 0) is 0 Å². The standard InChI is InChI=1S/C24H48N16/c1-2-26-10-9(25-1)17-33-18(10)38-20-13-14(30-6-5-29-13)22(35-20)40-24-16-15(31-7-8-32-16)23(36-24)39-21-12-11(19(34-21)37-17)27-3-4-28-12/h9-40H,1-8H2. The molecule has 16 nitrogen and oxygen atoms in total. The van der Waals surface area contributed by atoms with Gasteiger partial charge < -0.3 is 42.5 Å². The molecule has 16 N–H and O–H groups in total. The van der Waals surface area contributed by atoms with Gasteiger partial charge in [-0.1, -0.05) is 0 Å². The highest BCUT2D eigenvalue weighted by Crippen LogP contribution is 2.24. The second kappa shape index (κ2) is 10.5. The molecule has 0 aromatic heterocycles. The van der Waals surface area contributed by atoms with Crippen LogP contribution in [0.25, 0.3) is 0 Å². The summed E-state index contributed by atoms with van der Waals surface area (Å²) in [4.78, 5) is 0. The van der Waals surface area contributed by atoms with Gasteiger partial charge in [-0.3, -0.25) is 42.5 Å². The summed E-state index contributed by atoms with van der Waals surface area (Å²) in [5.41, 5.74) is 0. The second-order valence-corrected chi connectivity index (χ2v) is 13.0. The van der Waals surface area contributed by atoms with Gasteiger partial charge in [0.1, 0.15) is 0 Å². The molecule has 0 aromatic rings. The maximum absolute atomic E-state index is 4.00. The zero-order valence-corrected chi connectivity index (χ0v) is 22.9. The average Bonchev–Trinajstić information content (AvgIpc) is 3.73. The van der Waals surface area contributed by atoms with Gasteiger partial charge >= 0.3 is 0 Å². The predicted molar refractivity (Wildman–Crippen MR) is 150 cm³/mol. The van der Waals surface area contributed by atoms with E-state index >= 15 is 0 Å². The van der Waals surface area contributed by atoms with Crippen molar-refractivity contribution < 1.29 is 0 Å². The van der Waals surface area contributed by atoms with Crippen LogP contribution in [0.1, 0.15) is 0 Å². The third kappa shape index (κ3) is 4.29. The van der Waals surface area contributed by atoms with Gasteiger partial charge in [0.2, 0.25) is 0 Å². The molecule has 8 bridgehead atoms. The van der Waals surface area contributed by atoms with Crippen molar-refractivity contribution in [3.8, 4) is 0 Å². The lowest BCUT2D eigenvalue weighted by atomic mass is 10.0. The van der Waals surface area contributed by atoms with Crippen molar-refractivity contribution in [1.29, 1.82) is 0 Å². The van der Waals surface area contributed by atoms with Crippen LogP contribution in [0.4, 0.5) is 0 Å². The Morgan fingerprint density at radius 3 is 0.450 bits per heavy atom. The molecule has 9 aliphatic heterocycles. The summed E-state index contributed by atoms with van der Waals surface area (Å²) in [7, 11) is 0. The van der Waals surface area contributed by atoms with E-state index in [2.05, 4.69) is 85.1 Å². The zero-order chi connectivity index (χ0) is 26.2. The topological polar surface area (TPSA) is 192 Å². The Balaban J connectivity index is 1.05. The third-order valence-electron chi connectivity index (χ3n) is 10.8. The number of hydrogen-bond acceptors (Lipinski definition) is 16. The van der Waals surface area contributed by atoms with E-state index in [1.165, 1.54) is 0 Å². The lowest BCUT2D eigenvalue weighted by Gasteiger charge is -2.37. The summed E-state index contributed by atoms with van der Waals surface area (Å²) in [6, 6.07) is 2.26. The molecular weight excluding hydrogens is 512 g/mol. The van der Waals surface area contributed by atoms with Crippen LogP contribution in [0.3, 0.4) is 0 Å².